The third-order valence-corrected chi connectivity index (χ3v) is 8.11. The number of carbonyl (C=O) groups excluding carboxylic acids is 3. The molecule has 35 heavy (non-hydrogen) atoms. The first-order valence-corrected chi connectivity index (χ1v) is 13.1. The zero-order valence-electron chi connectivity index (χ0n) is 20.5. The van der Waals surface area contributed by atoms with E-state index in [1.165, 1.54) is 21.8 Å². The number of nitrogens with one attached hydrogen (secondary N) is 3. The molecule has 0 fully saturated rings. The molecular formula is C25H30N4O4S2. The number of aromatic nitrogens is 1. The van der Waals surface area contributed by atoms with Crippen molar-refractivity contribution in [2.45, 2.75) is 59.7 Å². The predicted octanol–water partition coefficient (Wildman–Crippen LogP) is 4.07. The molecule has 0 bridgehead atoms. The Morgan fingerprint density at radius 2 is 1.83 bits per heavy atom. The molecule has 0 saturated carbocycles. The molecule has 1 aliphatic heterocycles. The van der Waals surface area contributed by atoms with E-state index in [1.807, 2.05) is 36.0 Å². The van der Waals surface area contributed by atoms with Gasteiger partial charge in [0.25, 0.3) is 0 Å². The molecule has 10 heteroatoms. The van der Waals surface area contributed by atoms with Crippen molar-refractivity contribution in [3.05, 3.63) is 56.5 Å². The number of rotatable bonds is 5. The van der Waals surface area contributed by atoms with E-state index in [0.29, 0.717) is 5.00 Å². The minimum absolute atomic E-state index is 0.243. The molecule has 0 unspecified atom stereocenters. The maximum atomic E-state index is 12.8. The average Bonchev–Trinajstić information content (AvgIpc) is 3.49. The number of amides is 2. The van der Waals surface area contributed by atoms with E-state index in [2.05, 4.69) is 16.0 Å². The fraction of sp³-hybridized carbons (Fsp3) is 0.400. The van der Waals surface area contributed by atoms with Crippen molar-refractivity contribution in [2.75, 3.05) is 11.9 Å². The molecule has 0 saturated heterocycles. The summed E-state index contributed by atoms with van der Waals surface area (Å²) >= 11 is 2.95. The van der Waals surface area contributed by atoms with Crippen LogP contribution in [0.1, 0.15) is 57.6 Å². The number of ether oxygens (including phenoxy) is 1. The van der Waals surface area contributed by atoms with Crippen molar-refractivity contribution in [3.63, 3.8) is 0 Å². The van der Waals surface area contributed by atoms with E-state index >= 15 is 0 Å². The molecule has 1 aliphatic rings. The first kappa shape index (κ1) is 25.2. The fourth-order valence-electron chi connectivity index (χ4n) is 3.95. The minimum Gasteiger partial charge on any atom is -0.456 e. The summed E-state index contributed by atoms with van der Waals surface area (Å²) in [7, 11) is 0. The summed E-state index contributed by atoms with van der Waals surface area (Å²) in [4.78, 5) is 40.4. The Kier molecular flexibility index (Phi) is 7.16. The summed E-state index contributed by atoms with van der Waals surface area (Å²) in [5.41, 5.74) is 2.61. The molecule has 0 radical (unpaired) electrons. The predicted molar refractivity (Wildman–Crippen MR) is 138 cm³/mol. The van der Waals surface area contributed by atoms with Crippen LogP contribution in [0, 0.1) is 13.8 Å². The van der Waals surface area contributed by atoms with Gasteiger partial charge in [-0.2, -0.15) is 0 Å². The summed E-state index contributed by atoms with van der Waals surface area (Å²) < 4.78 is 7.54. The number of carbonyl (C=O) groups is 3. The first-order valence-electron chi connectivity index (χ1n) is 11.4. The molecular weight excluding hydrogens is 484 g/mol. The number of esters is 1. The van der Waals surface area contributed by atoms with Gasteiger partial charge in [-0.05, 0) is 70.8 Å². The third-order valence-electron chi connectivity index (χ3n) is 5.70. The summed E-state index contributed by atoms with van der Waals surface area (Å²) in [6, 6.07) is 3.92. The SMILES string of the molecule is Cc1sc(NC(=O)C(=O)NCc2c(-n3cccc3)sc3c2CCNC3)c(C(=O)OC(C)(C)C)c1C. The van der Waals surface area contributed by atoms with Crippen molar-refractivity contribution in [1.82, 2.24) is 15.2 Å². The second kappa shape index (κ2) is 9.96. The molecule has 0 aliphatic carbocycles. The lowest BCUT2D eigenvalue weighted by Gasteiger charge is -2.20. The Hall–Kier alpha value is -2.95. The van der Waals surface area contributed by atoms with E-state index in [0.717, 1.165) is 40.5 Å². The largest absolute Gasteiger partial charge is 0.456 e. The number of hydrogen-bond acceptors (Lipinski definition) is 7. The van der Waals surface area contributed by atoms with E-state index in [1.54, 1.807) is 39.0 Å². The lowest BCUT2D eigenvalue weighted by molar-refractivity contribution is -0.136. The van der Waals surface area contributed by atoms with Crippen LogP contribution >= 0.6 is 22.7 Å². The Balaban J connectivity index is 1.49. The van der Waals surface area contributed by atoms with E-state index in [4.69, 9.17) is 4.74 Å². The summed E-state index contributed by atoms with van der Waals surface area (Å²) in [5.74, 6) is -2.09. The van der Waals surface area contributed by atoms with Gasteiger partial charge >= 0.3 is 17.8 Å². The van der Waals surface area contributed by atoms with Gasteiger partial charge < -0.3 is 25.3 Å². The van der Waals surface area contributed by atoms with E-state index in [-0.39, 0.29) is 12.1 Å². The van der Waals surface area contributed by atoms with Crippen LogP contribution in [0.15, 0.2) is 24.5 Å². The van der Waals surface area contributed by atoms with Crippen molar-refractivity contribution in [2.24, 2.45) is 0 Å². The Morgan fingerprint density at radius 3 is 2.51 bits per heavy atom. The molecule has 0 spiro atoms. The molecule has 0 aromatic carbocycles. The second-order valence-corrected chi connectivity index (χ2v) is 11.7. The van der Waals surface area contributed by atoms with Gasteiger partial charge in [0, 0.05) is 40.8 Å². The molecule has 3 aromatic rings. The normalized spacial score (nSPS) is 13.3. The van der Waals surface area contributed by atoms with Crippen molar-refractivity contribution in [3.8, 4) is 5.00 Å². The van der Waals surface area contributed by atoms with E-state index in [9.17, 15) is 14.4 Å². The molecule has 3 aromatic heterocycles. The zero-order valence-corrected chi connectivity index (χ0v) is 22.2. The van der Waals surface area contributed by atoms with Crippen LogP contribution in [0.3, 0.4) is 0 Å². The van der Waals surface area contributed by atoms with Gasteiger partial charge in [-0.15, -0.1) is 22.7 Å². The summed E-state index contributed by atoms with van der Waals surface area (Å²) in [5, 5.41) is 10.2. The van der Waals surface area contributed by atoms with Crippen molar-refractivity contribution in [1.29, 1.82) is 0 Å². The topological polar surface area (TPSA) is 101 Å². The van der Waals surface area contributed by atoms with Gasteiger partial charge in [0.05, 0.1) is 5.56 Å². The third kappa shape index (κ3) is 5.50. The highest BCUT2D eigenvalue weighted by molar-refractivity contribution is 7.17. The minimum atomic E-state index is -0.815. The van der Waals surface area contributed by atoms with Crippen LogP contribution in [-0.4, -0.2) is 34.5 Å². The number of thiophene rings is 2. The monoisotopic (exact) mass is 514 g/mol. The molecule has 4 heterocycles. The number of nitrogens with zero attached hydrogens (tertiary/aromatic N) is 1. The highest BCUT2D eigenvalue weighted by Crippen LogP contribution is 2.35. The quantitative estimate of drug-likeness (QED) is 0.352. The van der Waals surface area contributed by atoms with Crippen LogP contribution in [0.5, 0.6) is 0 Å². The standard InChI is InChI=1S/C25H30N4O4S2/c1-14-15(2)34-22(19(14)24(32)33-25(3,4)5)28-21(31)20(30)27-12-17-16-8-9-26-13-18(16)35-23(17)29-10-6-7-11-29/h6-7,10-11,26H,8-9,12-13H2,1-5H3,(H,27,30)(H,28,31). The maximum absolute atomic E-state index is 12.8. The van der Waals surface area contributed by atoms with Crippen LogP contribution in [-0.2, 0) is 33.8 Å². The molecule has 8 nitrogen and oxygen atoms in total. The van der Waals surface area contributed by atoms with E-state index < -0.39 is 23.4 Å². The number of fused-ring (bicyclic) bond motifs is 1. The second-order valence-electron chi connectivity index (χ2n) is 9.43. The van der Waals surface area contributed by atoms with Crippen LogP contribution < -0.4 is 16.0 Å². The maximum Gasteiger partial charge on any atom is 0.341 e. The van der Waals surface area contributed by atoms with Gasteiger partial charge in [0.1, 0.15) is 15.6 Å². The molecule has 0 atom stereocenters. The molecule has 4 rings (SSSR count). The lowest BCUT2D eigenvalue weighted by Crippen LogP contribution is -2.35. The van der Waals surface area contributed by atoms with Gasteiger partial charge in [-0.1, -0.05) is 0 Å². The van der Waals surface area contributed by atoms with Gasteiger partial charge in [-0.3, -0.25) is 9.59 Å². The zero-order chi connectivity index (χ0) is 25.3. The first-order chi connectivity index (χ1) is 16.5. The highest BCUT2D eigenvalue weighted by Gasteiger charge is 2.28. The molecule has 3 N–H and O–H groups in total. The summed E-state index contributed by atoms with van der Waals surface area (Å²) in [6.45, 7) is 10.9. The number of hydrogen-bond donors (Lipinski definition) is 3. The average molecular weight is 515 g/mol. The van der Waals surface area contributed by atoms with Gasteiger partial charge in [0.15, 0.2) is 0 Å². The Labute approximate surface area is 212 Å². The van der Waals surface area contributed by atoms with Crippen LogP contribution in [0.2, 0.25) is 0 Å². The number of aryl methyl sites for hydroxylation is 1. The fourth-order valence-corrected chi connectivity index (χ4v) is 6.29. The lowest BCUT2D eigenvalue weighted by atomic mass is 10.0. The smallest absolute Gasteiger partial charge is 0.341 e. The van der Waals surface area contributed by atoms with Crippen molar-refractivity contribution < 1.29 is 19.1 Å². The Bertz CT molecular complexity index is 1270. The molecule has 2 amide bonds. The number of anilines is 1. The molecule has 186 valence electrons. The van der Waals surface area contributed by atoms with Crippen LogP contribution in [0.25, 0.3) is 5.00 Å². The highest BCUT2D eigenvalue weighted by atomic mass is 32.1. The van der Waals surface area contributed by atoms with Crippen molar-refractivity contribution >= 4 is 45.5 Å². The van der Waals surface area contributed by atoms with Gasteiger partial charge in [0.2, 0.25) is 0 Å². The Morgan fingerprint density at radius 1 is 1.11 bits per heavy atom. The summed E-state index contributed by atoms with van der Waals surface area (Å²) in [6.07, 6.45) is 4.82. The van der Waals surface area contributed by atoms with Gasteiger partial charge in [-0.25, -0.2) is 4.79 Å². The van der Waals surface area contributed by atoms with Crippen LogP contribution in [0.4, 0.5) is 5.00 Å².